The molecule has 0 unspecified atom stereocenters. The van der Waals surface area contributed by atoms with Gasteiger partial charge in [-0.05, 0) is 35.1 Å². The summed E-state index contributed by atoms with van der Waals surface area (Å²) in [4.78, 5) is 36.5. The molecule has 1 aliphatic carbocycles. The van der Waals surface area contributed by atoms with Crippen LogP contribution in [0.3, 0.4) is 0 Å². The van der Waals surface area contributed by atoms with E-state index in [-0.39, 0.29) is 19.1 Å². The molecule has 2 aromatic rings. The molecule has 3 N–H and O–H groups in total. The van der Waals surface area contributed by atoms with Crippen LogP contribution in [0, 0.1) is 0 Å². The van der Waals surface area contributed by atoms with Crippen molar-refractivity contribution in [3.63, 3.8) is 0 Å². The van der Waals surface area contributed by atoms with Gasteiger partial charge in [0.15, 0.2) is 6.10 Å². The number of amides is 2. The second-order valence-electron chi connectivity index (χ2n) is 8.34. The minimum Gasteiger partial charge on any atom is -0.480 e. The fourth-order valence-electron chi connectivity index (χ4n) is 4.59. The standard InChI is InChI=1S/C25H28N2O6/c1-2-7-21(24(29)30)26-23(28)22-20(12-13-32-22)27-25(31)33-14-19-17-10-5-3-8-15(17)16-9-4-6-11-18(16)19/h3-6,8-11,19-22H,2,7,12-14H2,1H3,(H,26,28)(H,27,31)(H,29,30)/t20-,21+,22+/m1/s1. The Labute approximate surface area is 192 Å². The van der Waals surface area contributed by atoms with Crippen LogP contribution in [0.15, 0.2) is 48.5 Å². The van der Waals surface area contributed by atoms with Crippen molar-refractivity contribution >= 4 is 18.0 Å². The smallest absolute Gasteiger partial charge is 0.407 e. The summed E-state index contributed by atoms with van der Waals surface area (Å²) < 4.78 is 11.0. The maximum atomic E-state index is 12.6. The highest BCUT2D eigenvalue weighted by atomic mass is 16.6. The second-order valence-corrected chi connectivity index (χ2v) is 8.34. The summed E-state index contributed by atoms with van der Waals surface area (Å²) in [6.45, 7) is 2.30. The molecule has 0 spiro atoms. The third-order valence-corrected chi connectivity index (χ3v) is 6.19. The van der Waals surface area contributed by atoms with Crippen molar-refractivity contribution in [2.45, 2.75) is 50.3 Å². The number of nitrogens with one attached hydrogen (secondary N) is 2. The van der Waals surface area contributed by atoms with Crippen molar-refractivity contribution in [3.05, 3.63) is 59.7 Å². The van der Waals surface area contributed by atoms with E-state index < -0.39 is 36.2 Å². The summed E-state index contributed by atoms with van der Waals surface area (Å²) in [5.74, 6) is -1.70. The van der Waals surface area contributed by atoms with E-state index in [4.69, 9.17) is 9.47 Å². The molecule has 0 saturated carbocycles. The Morgan fingerprint density at radius 2 is 1.73 bits per heavy atom. The van der Waals surface area contributed by atoms with Gasteiger partial charge in [0.05, 0.1) is 6.04 Å². The highest BCUT2D eigenvalue weighted by molar-refractivity contribution is 5.87. The zero-order valence-corrected chi connectivity index (χ0v) is 18.5. The normalized spacial score (nSPS) is 19.9. The first-order valence-corrected chi connectivity index (χ1v) is 11.3. The molecular weight excluding hydrogens is 424 g/mol. The fourth-order valence-corrected chi connectivity index (χ4v) is 4.59. The lowest BCUT2D eigenvalue weighted by atomic mass is 9.98. The van der Waals surface area contributed by atoms with Crippen molar-refractivity contribution in [1.82, 2.24) is 10.6 Å². The van der Waals surface area contributed by atoms with Crippen LogP contribution in [0.5, 0.6) is 0 Å². The Kier molecular flexibility index (Phi) is 6.93. The Hall–Kier alpha value is -3.39. The number of fused-ring (bicyclic) bond motifs is 3. The molecule has 2 amide bonds. The molecule has 2 aliphatic rings. The van der Waals surface area contributed by atoms with E-state index in [1.807, 2.05) is 43.3 Å². The maximum absolute atomic E-state index is 12.6. The van der Waals surface area contributed by atoms with E-state index in [9.17, 15) is 19.5 Å². The van der Waals surface area contributed by atoms with Gasteiger partial charge in [0.25, 0.3) is 5.91 Å². The Balaban J connectivity index is 1.36. The van der Waals surface area contributed by atoms with Gasteiger partial charge >= 0.3 is 12.1 Å². The van der Waals surface area contributed by atoms with Crippen molar-refractivity contribution in [3.8, 4) is 11.1 Å². The molecule has 1 heterocycles. The molecule has 8 heteroatoms. The first kappa shape index (κ1) is 22.8. The van der Waals surface area contributed by atoms with Gasteiger partial charge in [0.1, 0.15) is 12.6 Å². The van der Waals surface area contributed by atoms with Crippen LogP contribution in [0.1, 0.15) is 43.2 Å². The molecular formula is C25H28N2O6. The Morgan fingerprint density at radius 1 is 1.09 bits per heavy atom. The molecule has 1 aliphatic heterocycles. The molecule has 174 valence electrons. The van der Waals surface area contributed by atoms with Gasteiger partial charge < -0.3 is 25.2 Å². The van der Waals surface area contributed by atoms with Crippen molar-refractivity contribution < 1.29 is 29.0 Å². The van der Waals surface area contributed by atoms with Gasteiger partial charge in [0.2, 0.25) is 0 Å². The van der Waals surface area contributed by atoms with Gasteiger partial charge in [-0.1, -0.05) is 61.9 Å². The van der Waals surface area contributed by atoms with E-state index in [0.717, 1.165) is 22.3 Å². The van der Waals surface area contributed by atoms with Gasteiger partial charge in [0, 0.05) is 12.5 Å². The van der Waals surface area contributed by atoms with E-state index in [1.54, 1.807) is 0 Å². The molecule has 1 fully saturated rings. The van der Waals surface area contributed by atoms with Crippen molar-refractivity contribution in [2.75, 3.05) is 13.2 Å². The first-order valence-electron chi connectivity index (χ1n) is 11.3. The summed E-state index contributed by atoms with van der Waals surface area (Å²) in [5, 5.41) is 14.5. The summed E-state index contributed by atoms with van der Waals surface area (Å²) in [5.41, 5.74) is 4.51. The quantitative estimate of drug-likeness (QED) is 0.567. The van der Waals surface area contributed by atoms with Gasteiger partial charge in [-0.25, -0.2) is 9.59 Å². The van der Waals surface area contributed by atoms with Crippen LogP contribution < -0.4 is 10.6 Å². The van der Waals surface area contributed by atoms with Crippen LogP contribution in [0.4, 0.5) is 4.79 Å². The number of carboxylic acids is 1. The van der Waals surface area contributed by atoms with Gasteiger partial charge in [-0.15, -0.1) is 0 Å². The molecule has 2 aromatic carbocycles. The minimum absolute atomic E-state index is 0.0626. The lowest BCUT2D eigenvalue weighted by Gasteiger charge is -2.22. The average Bonchev–Trinajstić information content (AvgIpc) is 3.40. The van der Waals surface area contributed by atoms with Crippen LogP contribution in [0.25, 0.3) is 11.1 Å². The summed E-state index contributed by atoms with van der Waals surface area (Å²) in [7, 11) is 0. The summed E-state index contributed by atoms with van der Waals surface area (Å²) in [6, 6.07) is 14.6. The topological polar surface area (TPSA) is 114 Å². The number of carbonyl (C=O) groups is 3. The highest BCUT2D eigenvalue weighted by Gasteiger charge is 2.37. The van der Waals surface area contributed by atoms with E-state index in [1.165, 1.54) is 0 Å². The third kappa shape index (κ3) is 4.85. The number of benzene rings is 2. The van der Waals surface area contributed by atoms with Gasteiger partial charge in [-0.2, -0.15) is 0 Å². The van der Waals surface area contributed by atoms with Crippen LogP contribution in [-0.2, 0) is 19.1 Å². The zero-order chi connectivity index (χ0) is 23.4. The number of rotatable bonds is 8. The van der Waals surface area contributed by atoms with Crippen LogP contribution in [0.2, 0.25) is 0 Å². The van der Waals surface area contributed by atoms with Crippen LogP contribution >= 0.6 is 0 Å². The second kappa shape index (κ2) is 10.0. The lowest BCUT2D eigenvalue weighted by Crippen LogP contribution is -2.52. The molecule has 8 nitrogen and oxygen atoms in total. The molecule has 0 bridgehead atoms. The Bertz CT molecular complexity index is 994. The number of carbonyl (C=O) groups excluding carboxylic acids is 2. The molecule has 1 saturated heterocycles. The summed E-state index contributed by atoms with van der Waals surface area (Å²) in [6.07, 6.45) is -0.214. The predicted octanol–water partition coefficient (Wildman–Crippen LogP) is 3.05. The number of hydrogen-bond donors (Lipinski definition) is 3. The third-order valence-electron chi connectivity index (χ3n) is 6.19. The number of hydrogen-bond acceptors (Lipinski definition) is 5. The molecule has 4 rings (SSSR count). The fraction of sp³-hybridized carbons (Fsp3) is 0.400. The molecule has 3 atom stereocenters. The van der Waals surface area contributed by atoms with Crippen molar-refractivity contribution in [2.24, 2.45) is 0 Å². The molecule has 0 radical (unpaired) electrons. The minimum atomic E-state index is -1.09. The maximum Gasteiger partial charge on any atom is 0.407 e. The van der Waals surface area contributed by atoms with E-state index in [2.05, 4.69) is 22.8 Å². The highest BCUT2D eigenvalue weighted by Crippen LogP contribution is 2.44. The monoisotopic (exact) mass is 452 g/mol. The first-order chi connectivity index (χ1) is 16.0. The lowest BCUT2D eigenvalue weighted by molar-refractivity contribution is -0.144. The molecule has 33 heavy (non-hydrogen) atoms. The van der Waals surface area contributed by atoms with E-state index >= 15 is 0 Å². The number of ether oxygens (including phenoxy) is 2. The Morgan fingerprint density at radius 3 is 2.33 bits per heavy atom. The number of aliphatic carboxylic acids is 1. The summed E-state index contributed by atoms with van der Waals surface area (Å²) >= 11 is 0. The average molecular weight is 453 g/mol. The molecule has 0 aromatic heterocycles. The van der Waals surface area contributed by atoms with Crippen LogP contribution in [-0.4, -0.2) is 54.5 Å². The SMILES string of the molecule is CCC[C@H](NC(=O)[C@H]1OCC[C@H]1NC(=O)OCC1c2ccccc2-c2ccccc21)C(=O)O. The number of alkyl carbamates (subject to hydrolysis) is 1. The zero-order valence-electron chi connectivity index (χ0n) is 18.5. The largest absolute Gasteiger partial charge is 0.480 e. The van der Waals surface area contributed by atoms with E-state index in [0.29, 0.717) is 19.3 Å². The number of carboxylic acid groups (broad SMARTS) is 1. The predicted molar refractivity (Wildman–Crippen MR) is 121 cm³/mol. The van der Waals surface area contributed by atoms with Crippen molar-refractivity contribution in [1.29, 1.82) is 0 Å². The van der Waals surface area contributed by atoms with Gasteiger partial charge in [-0.3, -0.25) is 4.79 Å².